The van der Waals surface area contributed by atoms with Crippen molar-refractivity contribution in [2.45, 2.75) is 58.0 Å². The summed E-state index contributed by atoms with van der Waals surface area (Å²) in [7, 11) is 0. The van der Waals surface area contributed by atoms with Crippen molar-refractivity contribution in [2.75, 3.05) is 6.54 Å². The molecule has 0 spiro atoms. The van der Waals surface area contributed by atoms with E-state index in [1.54, 1.807) is 6.92 Å². The van der Waals surface area contributed by atoms with E-state index in [1.807, 2.05) is 44.2 Å². The number of hydrogen-bond donors (Lipinski definition) is 1. The molecular formula is C18H25NO5. The number of likely N-dealkylation sites (N-methyl/N-ethyl adjacent to an activating group) is 1. The van der Waals surface area contributed by atoms with E-state index in [4.69, 9.17) is 9.47 Å². The van der Waals surface area contributed by atoms with Crippen LogP contribution >= 0.6 is 0 Å². The second kappa shape index (κ2) is 7.66. The third kappa shape index (κ3) is 3.87. The Labute approximate surface area is 142 Å². The number of carboxylic acid groups (broad SMARTS) is 1. The van der Waals surface area contributed by atoms with E-state index in [2.05, 4.69) is 0 Å². The van der Waals surface area contributed by atoms with E-state index < -0.39 is 17.6 Å². The fourth-order valence-corrected chi connectivity index (χ4v) is 3.44. The number of carboxylic acids is 1. The van der Waals surface area contributed by atoms with E-state index in [0.717, 1.165) is 5.56 Å². The van der Waals surface area contributed by atoms with Crippen LogP contribution in [-0.4, -0.2) is 46.4 Å². The molecule has 0 radical (unpaired) electrons. The second-order valence-corrected chi connectivity index (χ2v) is 6.29. The summed E-state index contributed by atoms with van der Waals surface area (Å²) in [5.41, 5.74) is -0.431. The molecule has 2 atom stereocenters. The number of hydrogen-bond acceptors (Lipinski definition) is 4. The maximum atomic E-state index is 12.6. The summed E-state index contributed by atoms with van der Waals surface area (Å²) in [6.07, 6.45) is -0.575. The van der Waals surface area contributed by atoms with Crippen molar-refractivity contribution in [3.05, 3.63) is 35.9 Å². The summed E-state index contributed by atoms with van der Waals surface area (Å²) >= 11 is 0. The number of rotatable bonds is 5. The van der Waals surface area contributed by atoms with Crippen molar-refractivity contribution in [1.29, 1.82) is 0 Å². The molecule has 1 aromatic carbocycles. The number of amides is 1. The first-order valence-electron chi connectivity index (χ1n) is 8.26. The maximum absolute atomic E-state index is 12.6. The van der Waals surface area contributed by atoms with Crippen LogP contribution in [0.2, 0.25) is 0 Å². The Kier molecular flexibility index (Phi) is 5.83. The van der Waals surface area contributed by atoms with Crippen LogP contribution in [0.5, 0.6) is 0 Å². The monoisotopic (exact) mass is 335 g/mol. The van der Waals surface area contributed by atoms with Crippen molar-refractivity contribution in [1.82, 2.24) is 4.90 Å². The van der Waals surface area contributed by atoms with Crippen LogP contribution < -0.4 is 0 Å². The molecule has 0 bridgehead atoms. The summed E-state index contributed by atoms with van der Waals surface area (Å²) in [5.74, 6) is -1.01. The van der Waals surface area contributed by atoms with E-state index in [0.29, 0.717) is 0 Å². The van der Waals surface area contributed by atoms with Gasteiger partial charge in [0.15, 0.2) is 0 Å². The number of aliphatic carboxylic acids is 1. The smallest absolute Gasteiger partial charge is 0.411 e. The molecule has 2 rings (SSSR count). The van der Waals surface area contributed by atoms with Gasteiger partial charge in [-0.2, -0.15) is 0 Å². The number of carbonyl (C=O) groups is 2. The van der Waals surface area contributed by atoms with Gasteiger partial charge in [-0.3, -0.25) is 4.90 Å². The minimum Gasteiger partial charge on any atom is -0.479 e. The molecule has 6 nitrogen and oxygen atoms in total. The van der Waals surface area contributed by atoms with E-state index in [-0.39, 0.29) is 38.2 Å². The van der Waals surface area contributed by atoms with Gasteiger partial charge in [0.1, 0.15) is 12.1 Å². The molecule has 0 aromatic heterocycles. The zero-order chi connectivity index (χ0) is 17.7. The van der Waals surface area contributed by atoms with Crippen molar-refractivity contribution >= 4 is 12.1 Å². The molecule has 0 aliphatic carbocycles. The molecule has 1 fully saturated rings. The Morgan fingerprint density at radius 3 is 2.33 bits per heavy atom. The zero-order valence-electron chi connectivity index (χ0n) is 14.4. The average Bonchev–Trinajstić information content (AvgIpc) is 2.53. The fraction of sp³-hybridized carbons (Fsp3) is 0.556. The van der Waals surface area contributed by atoms with E-state index in [9.17, 15) is 14.7 Å². The first-order chi connectivity index (χ1) is 11.4. The van der Waals surface area contributed by atoms with E-state index in [1.165, 1.54) is 4.90 Å². The number of nitrogens with zero attached hydrogens (tertiary/aromatic N) is 1. The molecule has 1 aliphatic heterocycles. The molecule has 1 saturated heterocycles. The molecular weight excluding hydrogens is 310 g/mol. The van der Waals surface area contributed by atoms with Crippen molar-refractivity contribution < 1.29 is 24.2 Å². The number of carbonyl (C=O) groups excluding carboxylic acids is 1. The van der Waals surface area contributed by atoms with Gasteiger partial charge in [0.25, 0.3) is 0 Å². The average molecular weight is 335 g/mol. The number of benzene rings is 1. The molecule has 1 aromatic rings. The highest BCUT2D eigenvalue weighted by Gasteiger charge is 2.51. The van der Waals surface area contributed by atoms with Gasteiger partial charge in [0.2, 0.25) is 0 Å². The highest BCUT2D eigenvalue weighted by atomic mass is 16.6. The summed E-state index contributed by atoms with van der Waals surface area (Å²) in [6, 6.07) is 9.32. The largest absolute Gasteiger partial charge is 0.479 e. The van der Waals surface area contributed by atoms with Gasteiger partial charge in [-0.25, -0.2) is 9.59 Å². The SMILES string of the molecule is CCN(C(=O)OCc1ccccc1)C1(C(=O)O)CC(C)OC(C)C1. The zero-order valence-corrected chi connectivity index (χ0v) is 14.4. The summed E-state index contributed by atoms with van der Waals surface area (Å²) in [6.45, 7) is 5.80. The Hall–Kier alpha value is -2.08. The summed E-state index contributed by atoms with van der Waals surface area (Å²) in [4.78, 5) is 25.9. The van der Waals surface area contributed by atoms with E-state index >= 15 is 0 Å². The molecule has 1 amide bonds. The van der Waals surface area contributed by atoms with Gasteiger partial charge in [0, 0.05) is 19.4 Å². The van der Waals surface area contributed by atoms with Crippen LogP contribution in [0.25, 0.3) is 0 Å². The third-order valence-corrected chi connectivity index (χ3v) is 4.37. The Morgan fingerprint density at radius 2 is 1.83 bits per heavy atom. The van der Waals surface area contributed by atoms with Gasteiger partial charge in [0.05, 0.1) is 12.2 Å². The lowest BCUT2D eigenvalue weighted by Gasteiger charge is -2.45. The minimum atomic E-state index is -1.29. The number of ether oxygens (including phenoxy) is 2. The van der Waals surface area contributed by atoms with Crippen LogP contribution in [0.4, 0.5) is 4.79 Å². The first kappa shape index (κ1) is 18.3. The second-order valence-electron chi connectivity index (χ2n) is 6.29. The molecule has 0 saturated carbocycles. The van der Waals surface area contributed by atoms with Crippen molar-refractivity contribution in [3.8, 4) is 0 Å². The standard InChI is InChI=1S/C18H25NO5/c1-4-19(17(22)23-12-15-8-6-5-7-9-15)18(16(20)21)10-13(2)24-14(3)11-18/h5-9,13-14H,4,10-12H2,1-3H3,(H,20,21). The quantitative estimate of drug-likeness (QED) is 0.895. The van der Waals surface area contributed by atoms with Gasteiger partial charge in [-0.1, -0.05) is 30.3 Å². The van der Waals surface area contributed by atoms with Gasteiger partial charge >= 0.3 is 12.1 Å². The van der Waals surface area contributed by atoms with Gasteiger partial charge in [-0.05, 0) is 26.3 Å². The topological polar surface area (TPSA) is 76.1 Å². The summed E-state index contributed by atoms with van der Waals surface area (Å²) < 4.78 is 11.0. The van der Waals surface area contributed by atoms with Crippen LogP contribution in [0, 0.1) is 0 Å². The van der Waals surface area contributed by atoms with Gasteiger partial charge < -0.3 is 14.6 Å². The van der Waals surface area contributed by atoms with Crippen LogP contribution in [-0.2, 0) is 20.9 Å². The highest BCUT2D eigenvalue weighted by molar-refractivity contribution is 5.84. The molecule has 2 unspecified atom stereocenters. The van der Waals surface area contributed by atoms with Crippen molar-refractivity contribution in [3.63, 3.8) is 0 Å². The maximum Gasteiger partial charge on any atom is 0.411 e. The molecule has 6 heteroatoms. The normalized spacial score (nSPS) is 26.6. The van der Waals surface area contributed by atoms with Gasteiger partial charge in [-0.15, -0.1) is 0 Å². The Bertz CT molecular complexity index is 564. The fourth-order valence-electron chi connectivity index (χ4n) is 3.44. The Balaban J connectivity index is 2.16. The molecule has 24 heavy (non-hydrogen) atoms. The predicted molar refractivity (Wildman–Crippen MR) is 88.6 cm³/mol. The molecule has 1 N–H and O–H groups in total. The third-order valence-electron chi connectivity index (χ3n) is 4.37. The highest BCUT2D eigenvalue weighted by Crippen LogP contribution is 2.35. The van der Waals surface area contributed by atoms with Crippen molar-refractivity contribution in [2.24, 2.45) is 0 Å². The predicted octanol–water partition coefficient (Wildman–Crippen LogP) is 3.06. The first-order valence-corrected chi connectivity index (χ1v) is 8.26. The lowest BCUT2D eigenvalue weighted by molar-refractivity contribution is -0.166. The van der Waals surface area contributed by atoms with Crippen LogP contribution in [0.3, 0.4) is 0 Å². The molecule has 1 aliphatic rings. The minimum absolute atomic E-state index is 0.119. The molecule has 132 valence electrons. The van der Waals surface area contributed by atoms with Crippen LogP contribution in [0.1, 0.15) is 39.2 Å². The Morgan fingerprint density at radius 1 is 1.25 bits per heavy atom. The summed E-state index contributed by atoms with van der Waals surface area (Å²) in [5, 5.41) is 9.85. The lowest BCUT2D eigenvalue weighted by atomic mass is 9.82. The van der Waals surface area contributed by atoms with Crippen LogP contribution in [0.15, 0.2) is 30.3 Å². The lowest BCUT2D eigenvalue weighted by Crippen LogP contribution is -2.62. The molecule has 1 heterocycles.